The Morgan fingerprint density at radius 1 is 1.29 bits per heavy atom. The van der Waals surface area contributed by atoms with Crippen LogP contribution in [0.1, 0.15) is 38.5 Å². The monoisotopic (exact) mass is 242 g/mol. The first kappa shape index (κ1) is 14.0. The highest BCUT2D eigenvalue weighted by Crippen LogP contribution is 2.24. The van der Waals surface area contributed by atoms with Crippen molar-refractivity contribution in [1.82, 2.24) is 10.6 Å². The molecule has 3 N–H and O–H groups in total. The van der Waals surface area contributed by atoms with E-state index in [0.717, 1.165) is 32.2 Å². The maximum Gasteiger partial charge on any atom is 0.308 e. The molecule has 0 aromatic carbocycles. The summed E-state index contributed by atoms with van der Waals surface area (Å²) in [6.07, 6.45) is 4.66. The number of hydrogen-bond donors (Lipinski definition) is 3. The quantitative estimate of drug-likeness (QED) is 0.600. The average molecular weight is 242 g/mol. The summed E-state index contributed by atoms with van der Waals surface area (Å²) in [6, 6.07) is -0.177. The summed E-state index contributed by atoms with van der Waals surface area (Å²) < 4.78 is 0. The van der Waals surface area contributed by atoms with Gasteiger partial charge >= 0.3 is 5.97 Å². The Morgan fingerprint density at radius 3 is 2.65 bits per heavy atom. The molecule has 0 heterocycles. The molecule has 1 aliphatic carbocycles. The molecule has 1 saturated carbocycles. The van der Waals surface area contributed by atoms with E-state index < -0.39 is 11.9 Å². The number of amides is 1. The van der Waals surface area contributed by atoms with Crippen LogP contribution in [0.2, 0.25) is 0 Å². The Kier molecular flexibility index (Phi) is 5.97. The van der Waals surface area contributed by atoms with Gasteiger partial charge in [0.05, 0.1) is 5.92 Å². The lowest BCUT2D eigenvalue weighted by atomic mass is 9.84. The van der Waals surface area contributed by atoms with Gasteiger partial charge in [-0.1, -0.05) is 12.8 Å². The molecule has 5 heteroatoms. The van der Waals surface area contributed by atoms with Crippen LogP contribution in [0.25, 0.3) is 0 Å². The molecule has 0 aromatic heterocycles. The number of nitrogens with one attached hydrogen (secondary N) is 2. The number of carbonyl (C=O) groups is 2. The fourth-order valence-corrected chi connectivity index (χ4v) is 2.30. The summed E-state index contributed by atoms with van der Waals surface area (Å²) in [5, 5.41) is 14.9. The third kappa shape index (κ3) is 4.73. The molecule has 0 aliphatic heterocycles. The van der Waals surface area contributed by atoms with E-state index in [4.69, 9.17) is 5.11 Å². The van der Waals surface area contributed by atoms with Gasteiger partial charge in [0.1, 0.15) is 0 Å². The van der Waals surface area contributed by atoms with Crippen molar-refractivity contribution in [1.29, 1.82) is 0 Å². The van der Waals surface area contributed by atoms with Gasteiger partial charge in [-0.2, -0.15) is 0 Å². The van der Waals surface area contributed by atoms with Gasteiger partial charge in [0.2, 0.25) is 5.91 Å². The lowest BCUT2D eigenvalue weighted by Crippen LogP contribution is -2.45. The number of hydrogen-bond acceptors (Lipinski definition) is 3. The topological polar surface area (TPSA) is 78.4 Å². The summed E-state index contributed by atoms with van der Waals surface area (Å²) in [6.45, 7) is 0.806. The van der Waals surface area contributed by atoms with E-state index in [1.807, 2.05) is 7.05 Å². The maximum absolute atomic E-state index is 11.6. The van der Waals surface area contributed by atoms with E-state index in [2.05, 4.69) is 10.6 Å². The van der Waals surface area contributed by atoms with Crippen molar-refractivity contribution < 1.29 is 14.7 Å². The van der Waals surface area contributed by atoms with Gasteiger partial charge in [-0.05, 0) is 32.9 Å². The molecule has 0 radical (unpaired) electrons. The van der Waals surface area contributed by atoms with Crippen LogP contribution in [0, 0.1) is 5.92 Å². The number of carbonyl (C=O) groups excluding carboxylic acids is 1. The lowest BCUT2D eigenvalue weighted by molar-refractivity contribution is -0.144. The minimum Gasteiger partial charge on any atom is -0.481 e. The minimum atomic E-state index is -0.787. The zero-order valence-electron chi connectivity index (χ0n) is 10.4. The van der Waals surface area contributed by atoms with Crippen molar-refractivity contribution in [3.8, 4) is 0 Å². The molecular weight excluding hydrogens is 220 g/mol. The van der Waals surface area contributed by atoms with Crippen molar-refractivity contribution in [3.05, 3.63) is 0 Å². The van der Waals surface area contributed by atoms with E-state index in [0.29, 0.717) is 12.8 Å². The molecule has 1 amide bonds. The lowest BCUT2D eigenvalue weighted by Gasteiger charge is -2.29. The molecule has 0 saturated heterocycles. The average Bonchev–Trinajstić information content (AvgIpc) is 2.29. The standard InChI is InChI=1S/C12H22N2O3/c1-13-8-4-7-11(15)14-10-6-3-2-5-9(10)12(16)17/h9-10,13H,2-8H2,1H3,(H,14,15)(H,16,17). The highest BCUT2D eigenvalue weighted by Gasteiger charge is 2.31. The van der Waals surface area contributed by atoms with E-state index in [1.54, 1.807) is 0 Å². The minimum absolute atomic E-state index is 0.0293. The van der Waals surface area contributed by atoms with Crippen LogP contribution >= 0.6 is 0 Å². The Balaban J connectivity index is 2.36. The Bertz CT molecular complexity index is 268. The van der Waals surface area contributed by atoms with E-state index >= 15 is 0 Å². The largest absolute Gasteiger partial charge is 0.481 e. The van der Waals surface area contributed by atoms with E-state index in [9.17, 15) is 9.59 Å². The second-order valence-electron chi connectivity index (χ2n) is 4.61. The van der Waals surface area contributed by atoms with Crippen LogP contribution in [-0.4, -0.2) is 36.6 Å². The van der Waals surface area contributed by atoms with Gasteiger partial charge in [0.15, 0.2) is 0 Å². The molecule has 1 aliphatic rings. The number of aliphatic carboxylic acids is 1. The van der Waals surface area contributed by atoms with Crippen LogP contribution in [0.4, 0.5) is 0 Å². The highest BCUT2D eigenvalue weighted by atomic mass is 16.4. The summed E-state index contributed by atoms with van der Waals surface area (Å²) in [5.41, 5.74) is 0. The Morgan fingerprint density at radius 2 is 2.00 bits per heavy atom. The van der Waals surface area contributed by atoms with Gasteiger partial charge in [0.25, 0.3) is 0 Å². The fourth-order valence-electron chi connectivity index (χ4n) is 2.30. The molecule has 1 rings (SSSR count). The van der Waals surface area contributed by atoms with Crippen molar-refractivity contribution >= 4 is 11.9 Å². The first-order chi connectivity index (χ1) is 8.15. The van der Waals surface area contributed by atoms with Gasteiger partial charge in [-0.15, -0.1) is 0 Å². The second-order valence-corrected chi connectivity index (χ2v) is 4.61. The second kappa shape index (κ2) is 7.27. The summed E-state index contributed by atoms with van der Waals surface area (Å²) in [5.74, 6) is -1.22. The molecule has 2 unspecified atom stereocenters. The fraction of sp³-hybridized carbons (Fsp3) is 0.833. The SMILES string of the molecule is CNCCCC(=O)NC1CCCCC1C(=O)O. The highest BCUT2D eigenvalue weighted by molar-refractivity contribution is 5.78. The van der Waals surface area contributed by atoms with Crippen molar-refractivity contribution in [3.63, 3.8) is 0 Å². The van der Waals surface area contributed by atoms with Crippen molar-refractivity contribution in [2.24, 2.45) is 5.92 Å². The normalized spacial score (nSPS) is 24.3. The molecule has 5 nitrogen and oxygen atoms in total. The number of rotatable bonds is 6. The predicted molar refractivity (Wildman–Crippen MR) is 64.7 cm³/mol. The first-order valence-electron chi connectivity index (χ1n) is 6.32. The number of carboxylic acids is 1. The zero-order valence-corrected chi connectivity index (χ0v) is 10.4. The molecule has 2 atom stereocenters. The number of carboxylic acid groups (broad SMARTS) is 1. The van der Waals surface area contributed by atoms with Crippen LogP contribution < -0.4 is 10.6 Å². The molecule has 0 bridgehead atoms. The van der Waals surface area contributed by atoms with Crippen LogP contribution in [0.5, 0.6) is 0 Å². The zero-order chi connectivity index (χ0) is 12.7. The van der Waals surface area contributed by atoms with Gasteiger partial charge in [-0.25, -0.2) is 0 Å². The van der Waals surface area contributed by atoms with E-state index in [1.165, 1.54) is 0 Å². The Labute approximate surface area is 102 Å². The molecule has 98 valence electrons. The van der Waals surface area contributed by atoms with Crippen molar-refractivity contribution in [2.75, 3.05) is 13.6 Å². The molecule has 17 heavy (non-hydrogen) atoms. The first-order valence-corrected chi connectivity index (χ1v) is 6.32. The Hall–Kier alpha value is -1.10. The maximum atomic E-state index is 11.6. The van der Waals surface area contributed by atoms with Gasteiger partial charge in [0, 0.05) is 12.5 Å². The summed E-state index contributed by atoms with van der Waals surface area (Å²) >= 11 is 0. The molecule has 1 fully saturated rings. The van der Waals surface area contributed by atoms with Crippen LogP contribution in [0.15, 0.2) is 0 Å². The summed E-state index contributed by atoms with van der Waals surface area (Å²) in [4.78, 5) is 22.7. The predicted octanol–water partition coefficient (Wildman–Crippen LogP) is 0.746. The van der Waals surface area contributed by atoms with Crippen LogP contribution in [-0.2, 0) is 9.59 Å². The van der Waals surface area contributed by atoms with Gasteiger partial charge < -0.3 is 15.7 Å². The van der Waals surface area contributed by atoms with Crippen LogP contribution in [0.3, 0.4) is 0 Å². The smallest absolute Gasteiger partial charge is 0.308 e. The molecular formula is C12H22N2O3. The third-order valence-electron chi connectivity index (χ3n) is 3.26. The van der Waals surface area contributed by atoms with Gasteiger partial charge in [-0.3, -0.25) is 9.59 Å². The summed E-state index contributed by atoms with van der Waals surface area (Å²) in [7, 11) is 1.85. The molecule has 0 aromatic rings. The van der Waals surface area contributed by atoms with E-state index in [-0.39, 0.29) is 11.9 Å². The third-order valence-corrected chi connectivity index (χ3v) is 3.26. The van der Waals surface area contributed by atoms with Crippen molar-refractivity contribution in [2.45, 2.75) is 44.6 Å². The molecule has 0 spiro atoms.